The Morgan fingerprint density at radius 3 is 2.31 bits per heavy atom. The highest BCUT2D eigenvalue weighted by atomic mass is 16.5. The molecule has 0 aliphatic heterocycles. The van der Waals surface area contributed by atoms with Gasteiger partial charge in [0.25, 0.3) is 0 Å². The Hall–Kier alpha value is -3.18. The van der Waals surface area contributed by atoms with E-state index >= 15 is 0 Å². The summed E-state index contributed by atoms with van der Waals surface area (Å²) in [6, 6.07) is 13.0. The number of hydrogen-bond donors (Lipinski definition) is 0. The lowest BCUT2D eigenvalue weighted by molar-refractivity contribution is 0.0378. The summed E-state index contributed by atoms with van der Waals surface area (Å²) in [5, 5.41) is 0.660. The molecule has 0 unspecified atom stereocenters. The van der Waals surface area contributed by atoms with Crippen LogP contribution < -0.4 is 0 Å². The van der Waals surface area contributed by atoms with Crippen molar-refractivity contribution in [3.63, 3.8) is 0 Å². The van der Waals surface area contributed by atoms with E-state index in [0.717, 1.165) is 38.0 Å². The number of esters is 1. The van der Waals surface area contributed by atoms with Gasteiger partial charge in [0.15, 0.2) is 5.78 Å². The Morgan fingerprint density at radius 1 is 0.923 bits per heavy atom. The summed E-state index contributed by atoms with van der Waals surface area (Å²) in [5.74, 6) is 0.187. The van der Waals surface area contributed by atoms with Crippen molar-refractivity contribution < 1.29 is 18.7 Å². The Kier molecular flexibility index (Phi) is 12.0. The third-order valence-corrected chi connectivity index (χ3v) is 6.80. The van der Waals surface area contributed by atoms with Gasteiger partial charge in [-0.25, -0.2) is 4.79 Å². The average molecular weight is 532 g/mol. The molecule has 0 spiro atoms. The fourth-order valence-electron chi connectivity index (χ4n) is 4.64. The van der Waals surface area contributed by atoms with Crippen LogP contribution in [0.5, 0.6) is 0 Å². The zero-order chi connectivity index (χ0) is 28.2. The molecule has 0 aliphatic carbocycles. The number of ether oxygens (including phenoxy) is 1. The van der Waals surface area contributed by atoms with Crippen molar-refractivity contribution in [1.82, 2.24) is 4.90 Å². The summed E-state index contributed by atoms with van der Waals surface area (Å²) in [4.78, 5) is 29.0. The van der Waals surface area contributed by atoms with Gasteiger partial charge in [0.1, 0.15) is 11.3 Å². The number of carbonyl (C=O) groups excluding carboxylic acids is 2. The van der Waals surface area contributed by atoms with Crippen molar-refractivity contribution in [2.45, 2.75) is 85.7 Å². The van der Waals surface area contributed by atoms with E-state index in [-0.39, 0.29) is 11.9 Å². The van der Waals surface area contributed by atoms with Crippen LogP contribution in [0.25, 0.3) is 17.0 Å². The molecule has 210 valence electrons. The van der Waals surface area contributed by atoms with E-state index in [1.54, 1.807) is 18.2 Å². The van der Waals surface area contributed by atoms with Crippen LogP contribution in [-0.2, 0) is 11.2 Å². The number of hydrogen-bond acceptors (Lipinski definition) is 5. The molecule has 0 bridgehead atoms. The quantitative estimate of drug-likeness (QED) is 0.137. The first-order chi connectivity index (χ1) is 18.9. The maximum Gasteiger partial charge on any atom is 0.338 e. The van der Waals surface area contributed by atoms with Crippen LogP contribution in [0.4, 0.5) is 0 Å². The first-order valence-corrected chi connectivity index (χ1v) is 14.7. The Balaban J connectivity index is 1.90. The van der Waals surface area contributed by atoms with Gasteiger partial charge in [0, 0.05) is 23.9 Å². The number of benzene rings is 2. The highest BCUT2D eigenvalue weighted by Crippen LogP contribution is 2.31. The molecular formula is C34H45NO4. The third kappa shape index (κ3) is 8.66. The van der Waals surface area contributed by atoms with Gasteiger partial charge in [-0.1, -0.05) is 70.4 Å². The van der Waals surface area contributed by atoms with Gasteiger partial charge in [-0.05, 0) is 76.0 Å². The second kappa shape index (κ2) is 15.4. The van der Waals surface area contributed by atoms with Crippen molar-refractivity contribution in [3.8, 4) is 0 Å². The summed E-state index contributed by atoms with van der Waals surface area (Å²) in [6.07, 6.45) is 11.5. The van der Waals surface area contributed by atoms with Crippen molar-refractivity contribution in [3.05, 3.63) is 76.6 Å². The van der Waals surface area contributed by atoms with Crippen LogP contribution in [0.2, 0.25) is 0 Å². The van der Waals surface area contributed by atoms with Crippen LogP contribution in [-0.4, -0.2) is 42.4 Å². The number of furan rings is 1. The minimum atomic E-state index is -0.402. The maximum atomic E-state index is 13.9. The lowest BCUT2D eigenvalue weighted by Gasteiger charge is -2.19. The second-order valence-corrected chi connectivity index (χ2v) is 10.5. The molecule has 1 aromatic heterocycles. The Morgan fingerprint density at radius 2 is 1.64 bits per heavy atom. The lowest BCUT2D eigenvalue weighted by Crippen LogP contribution is -2.26. The number of fused-ring (bicyclic) bond motifs is 1. The van der Waals surface area contributed by atoms with Crippen molar-refractivity contribution in [1.29, 1.82) is 0 Å². The van der Waals surface area contributed by atoms with Gasteiger partial charge in [-0.15, -0.1) is 0 Å². The molecule has 0 atom stereocenters. The number of nitrogens with zero attached hydrogens (tertiary/aromatic N) is 1. The zero-order valence-corrected chi connectivity index (χ0v) is 24.4. The summed E-state index contributed by atoms with van der Waals surface area (Å²) in [5.41, 5.74) is 3.18. The van der Waals surface area contributed by atoms with Gasteiger partial charge in [-0.2, -0.15) is 0 Å². The van der Waals surface area contributed by atoms with E-state index < -0.39 is 5.97 Å². The Labute approximate surface area is 234 Å². The molecule has 5 heteroatoms. The van der Waals surface area contributed by atoms with Crippen LogP contribution >= 0.6 is 0 Å². The van der Waals surface area contributed by atoms with Gasteiger partial charge in [0.05, 0.1) is 17.2 Å². The number of ketones is 1. The molecule has 1 heterocycles. The van der Waals surface area contributed by atoms with Crippen molar-refractivity contribution in [2.75, 3.05) is 19.6 Å². The number of unbranched alkanes of at least 4 members (excludes halogenated alkanes) is 3. The van der Waals surface area contributed by atoms with Gasteiger partial charge in [-0.3, -0.25) is 9.69 Å². The first-order valence-electron chi connectivity index (χ1n) is 14.7. The normalized spacial score (nSPS) is 11.8. The highest BCUT2D eigenvalue weighted by Gasteiger charge is 2.23. The topological polar surface area (TPSA) is 59.8 Å². The third-order valence-electron chi connectivity index (χ3n) is 6.80. The zero-order valence-electron chi connectivity index (χ0n) is 24.4. The first kappa shape index (κ1) is 30.4. The number of rotatable bonds is 16. The van der Waals surface area contributed by atoms with E-state index in [1.807, 2.05) is 38.1 Å². The van der Waals surface area contributed by atoms with Gasteiger partial charge >= 0.3 is 5.97 Å². The minimum absolute atomic E-state index is 0.0861. The van der Waals surface area contributed by atoms with Crippen LogP contribution in [0.3, 0.4) is 0 Å². The predicted molar refractivity (Wildman–Crippen MR) is 161 cm³/mol. The monoisotopic (exact) mass is 531 g/mol. The number of aryl methyl sites for hydroxylation is 1. The molecule has 0 radical (unpaired) electrons. The molecule has 0 saturated heterocycles. The van der Waals surface area contributed by atoms with Gasteiger partial charge in [0.2, 0.25) is 0 Å². The standard InChI is InChI=1S/C34H45NO4/c1-6-9-17-31-32(29-24-28(18-19-30(29)39-31)34(37)38-25(4)5)33(36)27-16-12-14-26(23-27)15-13-22-35(20-10-7-2)21-11-8-3/h12-16,18-19,23-25H,6-11,17,20-22H2,1-5H3. The molecule has 39 heavy (non-hydrogen) atoms. The summed E-state index contributed by atoms with van der Waals surface area (Å²) in [6.45, 7) is 13.3. The second-order valence-electron chi connectivity index (χ2n) is 10.5. The van der Waals surface area contributed by atoms with Crippen LogP contribution in [0.15, 0.2) is 53.0 Å². The molecule has 0 aliphatic rings. The van der Waals surface area contributed by atoms with E-state index in [2.05, 4.69) is 37.8 Å². The summed E-state index contributed by atoms with van der Waals surface area (Å²) >= 11 is 0. The molecule has 5 nitrogen and oxygen atoms in total. The molecule has 0 saturated carbocycles. The highest BCUT2D eigenvalue weighted by molar-refractivity contribution is 6.17. The fraction of sp³-hybridized carbons (Fsp3) is 0.471. The summed E-state index contributed by atoms with van der Waals surface area (Å²) in [7, 11) is 0. The molecule has 3 rings (SSSR count). The SMILES string of the molecule is CCCCc1oc2ccc(C(=O)OC(C)C)cc2c1C(=O)c1cccc(C=CCN(CCCC)CCCC)c1. The predicted octanol–water partition coefficient (Wildman–Crippen LogP) is 8.49. The molecule has 0 N–H and O–H groups in total. The van der Waals surface area contributed by atoms with Gasteiger partial charge < -0.3 is 9.15 Å². The fourth-order valence-corrected chi connectivity index (χ4v) is 4.64. The van der Waals surface area contributed by atoms with Crippen LogP contribution in [0.1, 0.15) is 111 Å². The van der Waals surface area contributed by atoms with E-state index in [1.165, 1.54) is 25.7 Å². The maximum absolute atomic E-state index is 13.9. The molecule has 3 aromatic rings. The van der Waals surface area contributed by atoms with Crippen molar-refractivity contribution >= 4 is 28.8 Å². The van der Waals surface area contributed by atoms with E-state index in [4.69, 9.17) is 9.15 Å². The average Bonchev–Trinajstić information content (AvgIpc) is 3.29. The molecule has 0 fully saturated rings. The van der Waals surface area contributed by atoms with Crippen LogP contribution in [0, 0.1) is 0 Å². The van der Waals surface area contributed by atoms with E-state index in [9.17, 15) is 9.59 Å². The molecule has 2 aromatic carbocycles. The number of carbonyl (C=O) groups is 2. The lowest BCUT2D eigenvalue weighted by atomic mass is 9.96. The Bertz CT molecular complexity index is 1250. The smallest absolute Gasteiger partial charge is 0.338 e. The van der Waals surface area contributed by atoms with E-state index in [0.29, 0.717) is 39.8 Å². The summed E-state index contributed by atoms with van der Waals surface area (Å²) < 4.78 is 11.5. The molecular weight excluding hydrogens is 486 g/mol. The molecule has 0 amide bonds. The minimum Gasteiger partial charge on any atom is -0.460 e. The van der Waals surface area contributed by atoms with Crippen molar-refractivity contribution in [2.24, 2.45) is 0 Å². The largest absolute Gasteiger partial charge is 0.460 e.